The van der Waals surface area contributed by atoms with Crippen LogP contribution in [-0.2, 0) is 4.74 Å². The third-order valence-corrected chi connectivity index (χ3v) is 3.03. The summed E-state index contributed by atoms with van der Waals surface area (Å²) in [5.41, 5.74) is 0.834. The Bertz CT molecular complexity index is 441. The molecular weight excluding hydrogens is 270 g/mol. The lowest BCUT2D eigenvalue weighted by Crippen LogP contribution is -2.17. The summed E-state index contributed by atoms with van der Waals surface area (Å²) >= 11 is 3.49. The highest BCUT2D eigenvalue weighted by Crippen LogP contribution is 2.27. The zero-order chi connectivity index (χ0) is 11.8. The molecular formula is C12H14BrNO2. The number of hydrogen-bond donors (Lipinski definition) is 0. The van der Waals surface area contributed by atoms with Crippen molar-refractivity contribution in [2.45, 2.75) is 19.4 Å². The molecule has 3 nitrogen and oxygen atoms in total. The molecule has 0 saturated carbocycles. The molecule has 1 aromatic carbocycles. The second kappa shape index (κ2) is 4.09. The monoisotopic (exact) mass is 283 g/mol. The van der Waals surface area contributed by atoms with E-state index in [2.05, 4.69) is 34.8 Å². The van der Waals surface area contributed by atoms with Crippen molar-refractivity contribution in [3.8, 4) is 5.75 Å². The fraction of sp³-hybridized carbons (Fsp3) is 0.417. The third-order valence-electron chi connectivity index (χ3n) is 2.37. The quantitative estimate of drug-likeness (QED) is 0.835. The molecule has 0 radical (unpaired) electrons. The maximum Gasteiger partial charge on any atom is 0.217 e. The average molecular weight is 284 g/mol. The third kappa shape index (κ3) is 2.21. The maximum absolute atomic E-state index is 5.59. The lowest BCUT2D eigenvalue weighted by atomic mass is 10.1. The average Bonchev–Trinajstić information content (AvgIpc) is 2.58. The van der Waals surface area contributed by atoms with Gasteiger partial charge in [-0.05, 0) is 48.0 Å². The minimum absolute atomic E-state index is 0.130. The molecule has 16 heavy (non-hydrogen) atoms. The number of methoxy groups -OCH3 is 1. The Kier molecular flexibility index (Phi) is 2.93. The van der Waals surface area contributed by atoms with Gasteiger partial charge in [0.1, 0.15) is 12.4 Å². The van der Waals surface area contributed by atoms with E-state index in [4.69, 9.17) is 9.47 Å². The van der Waals surface area contributed by atoms with E-state index < -0.39 is 0 Å². The van der Waals surface area contributed by atoms with E-state index in [0.29, 0.717) is 12.5 Å². The first-order chi connectivity index (χ1) is 7.52. The molecule has 0 amide bonds. The Morgan fingerprint density at radius 1 is 1.44 bits per heavy atom. The number of aliphatic imine (C=N–C) groups is 1. The highest BCUT2D eigenvalue weighted by molar-refractivity contribution is 9.10. The van der Waals surface area contributed by atoms with E-state index in [1.54, 1.807) is 7.11 Å². The molecule has 0 saturated heterocycles. The summed E-state index contributed by atoms with van der Waals surface area (Å²) in [7, 11) is 1.65. The van der Waals surface area contributed by atoms with Crippen LogP contribution in [0.15, 0.2) is 27.7 Å². The summed E-state index contributed by atoms with van der Waals surface area (Å²) in [5, 5.41) is 0. The van der Waals surface area contributed by atoms with Crippen LogP contribution in [0.3, 0.4) is 0 Å². The van der Waals surface area contributed by atoms with Crippen molar-refractivity contribution in [2.75, 3.05) is 13.7 Å². The normalized spacial score (nSPS) is 17.9. The van der Waals surface area contributed by atoms with Gasteiger partial charge in [-0.25, -0.2) is 4.99 Å². The number of nitrogens with zero attached hydrogens (tertiary/aromatic N) is 1. The molecule has 2 rings (SSSR count). The second-order valence-corrected chi connectivity index (χ2v) is 5.22. The minimum atomic E-state index is -0.130. The Morgan fingerprint density at radius 2 is 2.19 bits per heavy atom. The van der Waals surface area contributed by atoms with Crippen molar-refractivity contribution in [1.29, 1.82) is 0 Å². The van der Waals surface area contributed by atoms with Gasteiger partial charge in [-0.2, -0.15) is 0 Å². The Morgan fingerprint density at radius 3 is 2.69 bits per heavy atom. The highest BCUT2D eigenvalue weighted by atomic mass is 79.9. The largest absolute Gasteiger partial charge is 0.497 e. The van der Waals surface area contributed by atoms with Crippen LogP contribution in [0.25, 0.3) is 0 Å². The standard InChI is InChI=1S/C12H14BrNO2/c1-12(2)7-16-11(14-12)9-5-4-8(15-3)6-10(9)13/h4-6H,7H2,1-3H3. The first kappa shape index (κ1) is 11.5. The van der Waals surface area contributed by atoms with Crippen LogP contribution in [0.1, 0.15) is 19.4 Å². The van der Waals surface area contributed by atoms with E-state index in [0.717, 1.165) is 15.8 Å². The lowest BCUT2D eigenvalue weighted by Gasteiger charge is -2.07. The molecule has 0 fully saturated rings. The van der Waals surface area contributed by atoms with Crippen LogP contribution < -0.4 is 4.74 Å². The molecule has 0 N–H and O–H groups in total. The summed E-state index contributed by atoms with van der Waals surface area (Å²) in [5.74, 6) is 1.51. The van der Waals surface area contributed by atoms with Crippen molar-refractivity contribution < 1.29 is 9.47 Å². The zero-order valence-corrected chi connectivity index (χ0v) is 11.2. The Hall–Kier alpha value is -1.03. The van der Waals surface area contributed by atoms with Crippen molar-refractivity contribution in [3.05, 3.63) is 28.2 Å². The van der Waals surface area contributed by atoms with Gasteiger partial charge >= 0.3 is 0 Å². The molecule has 1 heterocycles. The molecule has 1 aliphatic rings. The predicted octanol–water partition coefficient (Wildman–Crippen LogP) is 3.01. The molecule has 1 aliphatic heterocycles. The molecule has 0 spiro atoms. The van der Waals surface area contributed by atoms with Gasteiger partial charge in [-0.1, -0.05) is 0 Å². The van der Waals surface area contributed by atoms with E-state index in [-0.39, 0.29) is 5.54 Å². The molecule has 0 aromatic heterocycles. The van der Waals surface area contributed by atoms with Crippen molar-refractivity contribution >= 4 is 21.8 Å². The summed E-state index contributed by atoms with van der Waals surface area (Å²) < 4.78 is 11.7. The summed E-state index contributed by atoms with van der Waals surface area (Å²) in [6.07, 6.45) is 0. The smallest absolute Gasteiger partial charge is 0.217 e. The van der Waals surface area contributed by atoms with Gasteiger partial charge in [-0.15, -0.1) is 0 Å². The number of benzene rings is 1. The van der Waals surface area contributed by atoms with Gasteiger partial charge in [0.05, 0.1) is 18.2 Å². The Labute approximate surface area is 104 Å². The van der Waals surface area contributed by atoms with Gasteiger partial charge in [-0.3, -0.25) is 0 Å². The van der Waals surface area contributed by atoms with Crippen LogP contribution in [0.5, 0.6) is 5.75 Å². The van der Waals surface area contributed by atoms with Crippen LogP contribution >= 0.6 is 15.9 Å². The molecule has 86 valence electrons. The minimum Gasteiger partial charge on any atom is -0.497 e. The van der Waals surface area contributed by atoms with E-state index in [1.165, 1.54) is 0 Å². The number of hydrogen-bond acceptors (Lipinski definition) is 3. The molecule has 0 atom stereocenters. The summed E-state index contributed by atoms with van der Waals surface area (Å²) in [4.78, 5) is 4.53. The fourth-order valence-electron chi connectivity index (χ4n) is 1.52. The van der Waals surface area contributed by atoms with Gasteiger partial charge in [0, 0.05) is 4.47 Å². The second-order valence-electron chi connectivity index (χ2n) is 4.36. The highest BCUT2D eigenvalue weighted by Gasteiger charge is 2.27. The molecule has 1 aromatic rings. The van der Waals surface area contributed by atoms with Crippen LogP contribution in [0, 0.1) is 0 Å². The molecule has 0 aliphatic carbocycles. The summed E-state index contributed by atoms with van der Waals surface area (Å²) in [6, 6.07) is 5.76. The molecule has 4 heteroatoms. The topological polar surface area (TPSA) is 30.8 Å². The number of halogens is 1. The Balaban J connectivity index is 2.35. The van der Waals surface area contributed by atoms with Crippen molar-refractivity contribution in [1.82, 2.24) is 0 Å². The molecule has 0 bridgehead atoms. The maximum atomic E-state index is 5.59. The number of ether oxygens (including phenoxy) is 2. The van der Waals surface area contributed by atoms with Gasteiger partial charge < -0.3 is 9.47 Å². The lowest BCUT2D eigenvalue weighted by molar-refractivity contribution is 0.279. The van der Waals surface area contributed by atoms with Crippen LogP contribution in [-0.4, -0.2) is 25.2 Å². The fourth-order valence-corrected chi connectivity index (χ4v) is 2.05. The van der Waals surface area contributed by atoms with Crippen molar-refractivity contribution in [2.24, 2.45) is 4.99 Å². The van der Waals surface area contributed by atoms with E-state index in [9.17, 15) is 0 Å². The number of rotatable bonds is 2. The first-order valence-corrected chi connectivity index (χ1v) is 5.88. The van der Waals surface area contributed by atoms with E-state index >= 15 is 0 Å². The van der Waals surface area contributed by atoms with E-state index in [1.807, 2.05) is 18.2 Å². The van der Waals surface area contributed by atoms with Crippen LogP contribution in [0.2, 0.25) is 0 Å². The SMILES string of the molecule is COc1ccc(C2=NC(C)(C)CO2)c(Br)c1. The predicted molar refractivity (Wildman–Crippen MR) is 67.3 cm³/mol. The summed E-state index contributed by atoms with van der Waals surface area (Å²) in [6.45, 7) is 4.73. The van der Waals surface area contributed by atoms with Gasteiger partial charge in [0.15, 0.2) is 0 Å². The first-order valence-electron chi connectivity index (χ1n) is 5.08. The van der Waals surface area contributed by atoms with Crippen molar-refractivity contribution in [3.63, 3.8) is 0 Å². The zero-order valence-electron chi connectivity index (χ0n) is 9.58. The van der Waals surface area contributed by atoms with Gasteiger partial charge in [0.2, 0.25) is 5.90 Å². The van der Waals surface area contributed by atoms with Crippen LogP contribution in [0.4, 0.5) is 0 Å². The molecule has 0 unspecified atom stereocenters. The van der Waals surface area contributed by atoms with Gasteiger partial charge in [0.25, 0.3) is 0 Å².